The first-order valence-corrected chi connectivity index (χ1v) is 24.5. The van der Waals surface area contributed by atoms with Crippen molar-refractivity contribution in [3.05, 3.63) is 83.3 Å². The van der Waals surface area contributed by atoms with E-state index in [1.54, 1.807) is 62.6 Å². The lowest BCUT2D eigenvalue weighted by Gasteiger charge is -2.48. The number of aromatic nitrogens is 4. The highest BCUT2D eigenvalue weighted by Gasteiger charge is 2.45. The number of piperidine rings is 3. The fourth-order valence-corrected chi connectivity index (χ4v) is 10.7. The molecule has 3 saturated heterocycles. The number of benzene rings is 3. The van der Waals surface area contributed by atoms with Crippen LogP contribution < -0.4 is 40.5 Å². The number of imide groups is 2. The Hall–Kier alpha value is -6.45. The van der Waals surface area contributed by atoms with Crippen LogP contribution in [0.4, 0.5) is 34.5 Å². The van der Waals surface area contributed by atoms with Crippen molar-refractivity contribution in [3.8, 4) is 22.6 Å². The van der Waals surface area contributed by atoms with E-state index in [-0.39, 0.29) is 34.8 Å². The number of anilines is 6. The van der Waals surface area contributed by atoms with Crippen molar-refractivity contribution in [1.29, 1.82) is 0 Å². The van der Waals surface area contributed by atoms with Crippen LogP contribution >= 0.6 is 18.7 Å². The zero-order chi connectivity index (χ0) is 45.8. The highest BCUT2D eigenvalue weighted by molar-refractivity contribution is 7.70. The van der Waals surface area contributed by atoms with Gasteiger partial charge in [-0.2, -0.15) is 10.1 Å². The van der Waals surface area contributed by atoms with Crippen LogP contribution in [0, 0.1) is 5.41 Å². The van der Waals surface area contributed by atoms with Crippen LogP contribution in [-0.2, 0) is 21.2 Å². The molecule has 4 aliphatic heterocycles. The number of hydrogen-bond donors (Lipinski definition) is 3. The maximum Gasteiger partial charge on any atom is 0.262 e. The third-order valence-electron chi connectivity index (χ3n) is 13.1. The van der Waals surface area contributed by atoms with Gasteiger partial charge in [0.05, 0.1) is 49.1 Å². The molecular weight excluding hydrogens is 871 g/mol. The largest absolute Gasteiger partial charge is 0.497 e. The molecule has 2 aromatic heterocycles. The molecule has 3 N–H and O–H groups in total. The van der Waals surface area contributed by atoms with Crippen LogP contribution in [0.15, 0.2) is 67.1 Å². The lowest BCUT2D eigenvalue weighted by atomic mass is 9.71. The Morgan fingerprint density at radius 1 is 0.831 bits per heavy atom. The van der Waals surface area contributed by atoms with E-state index >= 15 is 0 Å². The molecule has 65 heavy (non-hydrogen) atoms. The van der Waals surface area contributed by atoms with Gasteiger partial charge in [-0.3, -0.25) is 34.1 Å². The maximum atomic E-state index is 13.5. The molecule has 0 saturated carbocycles. The van der Waals surface area contributed by atoms with Crippen LogP contribution in [0.25, 0.3) is 11.1 Å². The third-order valence-corrected chi connectivity index (χ3v) is 14.9. The number of nitrogens with zero attached hydrogens (tertiary/aromatic N) is 7. The van der Waals surface area contributed by atoms with Gasteiger partial charge in [0.2, 0.25) is 17.8 Å². The van der Waals surface area contributed by atoms with E-state index in [9.17, 15) is 23.7 Å². The molecule has 3 aromatic carbocycles. The fraction of sp³-hybridized carbons (Fsp3) is 0.370. The van der Waals surface area contributed by atoms with Gasteiger partial charge in [-0.15, -0.1) is 0 Å². The number of carbonyl (C=O) groups excluding carboxylic acids is 4. The summed E-state index contributed by atoms with van der Waals surface area (Å²) in [5, 5.41) is 14.2. The van der Waals surface area contributed by atoms with Crippen molar-refractivity contribution in [2.45, 2.75) is 44.6 Å². The summed E-state index contributed by atoms with van der Waals surface area (Å²) < 4.78 is 26.4. The summed E-state index contributed by atoms with van der Waals surface area (Å²) in [6, 6.07) is 13.8. The van der Waals surface area contributed by atoms with Gasteiger partial charge in [0.15, 0.2) is 5.82 Å². The van der Waals surface area contributed by atoms with Gasteiger partial charge >= 0.3 is 0 Å². The van der Waals surface area contributed by atoms with Gasteiger partial charge in [0.1, 0.15) is 29.7 Å². The predicted octanol–water partition coefficient (Wildman–Crippen LogP) is 6.57. The molecule has 19 heteroatoms. The van der Waals surface area contributed by atoms with Crippen molar-refractivity contribution in [2.24, 2.45) is 12.5 Å². The van der Waals surface area contributed by atoms with E-state index in [4.69, 9.17) is 26.1 Å². The Bertz CT molecular complexity index is 2790. The van der Waals surface area contributed by atoms with Gasteiger partial charge in [0.25, 0.3) is 11.8 Å². The summed E-state index contributed by atoms with van der Waals surface area (Å²) in [6.07, 6.45) is 9.46. The fourth-order valence-electron chi connectivity index (χ4n) is 9.46. The van der Waals surface area contributed by atoms with Crippen LogP contribution in [-0.4, -0.2) is 108 Å². The number of nitrogens with one attached hydrogen (secondary N) is 3. The lowest BCUT2D eigenvalue weighted by molar-refractivity contribution is -0.136. The van der Waals surface area contributed by atoms with Crippen LogP contribution in [0.1, 0.15) is 59.2 Å². The highest BCUT2D eigenvalue weighted by atomic mass is 35.5. The van der Waals surface area contributed by atoms with Crippen molar-refractivity contribution in [3.63, 3.8) is 0 Å². The van der Waals surface area contributed by atoms with Crippen molar-refractivity contribution in [2.75, 3.05) is 74.2 Å². The number of amides is 4. The minimum Gasteiger partial charge on any atom is -0.497 e. The SMILES string of the molecule is COc1ccc(Nc2nc(Nc3cc(-c4cnn(C)c4)c(N4CCC5(CCN(c6ccc7c(c6)C(=O)N(C6CCC(=O)NC6=O)C7=O)CC5)CC4)cc3OC)ncc2Cl)c(P(C)(C)=O)c1. The molecule has 4 aliphatic rings. The Morgan fingerprint density at radius 3 is 2.22 bits per heavy atom. The van der Waals surface area contributed by atoms with E-state index in [0.29, 0.717) is 39.6 Å². The summed E-state index contributed by atoms with van der Waals surface area (Å²) in [5.41, 5.74) is 5.74. The second-order valence-electron chi connectivity index (χ2n) is 17.5. The van der Waals surface area contributed by atoms with Crippen molar-refractivity contribution >= 4 is 82.2 Å². The first-order valence-electron chi connectivity index (χ1n) is 21.5. The summed E-state index contributed by atoms with van der Waals surface area (Å²) in [5.74, 6) is -0.237. The summed E-state index contributed by atoms with van der Waals surface area (Å²) in [4.78, 5) is 66.0. The zero-order valence-electron chi connectivity index (χ0n) is 36.8. The van der Waals surface area contributed by atoms with E-state index in [0.717, 1.165) is 79.3 Å². The molecule has 0 bridgehead atoms. The molecule has 0 aliphatic carbocycles. The van der Waals surface area contributed by atoms with E-state index in [1.165, 1.54) is 6.20 Å². The second kappa shape index (κ2) is 17.2. The molecule has 1 unspecified atom stereocenters. The van der Waals surface area contributed by atoms with Gasteiger partial charge in [0, 0.05) is 79.7 Å². The topological polar surface area (TPSA) is 193 Å². The standard InChI is InChI=1S/C46H50ClN10O7P/c1-54-26-27(24-49-54)31-22-35(51-45-48-25-33(47)41(53-45)50-34-9-7-29(63-2)21-39(34)65(4,5)62)38(64-3)23-37(31)56-18-14-46(15-19-56)12-16-55(17-13-46)28-6-8-30-32(20-28)44(61)57(43(30)60)36-10-11-40(58)52-42(36)59/h6-9,20-26,36H,10-19H2,1-5H3,(H,52,58,59)(H2,48,50,51,53). The van der Waals surface area contributed by atoms with E-state index in [2.05, 4.69) is 35.8 Å². The molecule has 338 valence electrons. The Morgan fingerprint density at radius 2 is 1.55 bits per heavy atom. The smallest absolute Gasteiger partial charge is 0.262 e. The van der Waals surface area contributed by atoms with E-state index < -0.39 is 36.8 Å². The summed E-state index contributed by atoms with van der Waals surface area (Å²) in [7, 11) is 2.36. The van der Waals surface area contributed by atoms with Gasteiger partial charge in [-0.1, -0.05) is 11.6 Å². The minimum absolute atomic E-state index is 0.0760. The number of ether oxygens (including phenoxy) is 2. The molecule has 1 spiro atoms. The molecular formula is C46H50ClN10O7P. The van der Waals surface area contributed by atoms with Crippen LogP contribution in [0.3, 0.4) is 0 Å². The molecule has 5 aromatic rings. The quantitative estimate of drug-likeness (QED) is 0.0952. The molecule has 3 fully saturated rings. The van der Waals surface area contributed by atoms with Crippen LogP contribution in [0.2, 0.25) is 5.02 Å². The molecule has 9 rings (SSSR count). The van der Waals surface area contributed by atoms with Gasteiger partial charge in [-0.05, 0) is 93.3 Å². The van der Waals surface area contributed by atoms with Crippen LogP contribution in [0.5, 0.6) is 11.5 Å². The molecule has 6 heterocycles. The molecule has 17 nitrogen and oxygen atoms in total. The number of fused-ring (bicyclic) bond motifs is 1. The van der Waals surface area contributed by atoms with Gasteiger partial charge in [-0.25, -0.2) is 4.98 Å². The summed E-state index contributed by atoms with van der Waals surface area (Å²) >= 11 is 6.61. The normalized spacial score (nSPS) is 18.5. The minimum atomic E-state index is -2.72. The number of halogens is 1. The average molecular weight is 921 g/mol. The first-order chi connectivity index (χ1) is 31.1. The lowest BCUT2D eigenvalue weighted by Crippen LogP contribution is -2.54. The Labute approximate surface area is 381 Å². The van der Waals surface area contributed by atoms with Crippen molar-refractivity contribution in [1.82, 2.24) is 30.0 Å². The monoisotopic (exact) mass is 920 g/mol. The maximum absolute atomic E-state index is 13.5. The van der Waals surface area contributed by atoms with Crippen molar-refractivity contribution < 1.29 is 33.2 Å². The third kappa shape index (κ3) is 8.50. The highest BCUT2D eigenvalue weighted by Crippen LogP contribution is 2.47. The molecule has 0 radical (unpaired) electrons. The number of carbonyl (C=O) groups is 4. The Kier molecular flexibility index (Phi) is 11.6. The Balaban J connectivity index is 0.902. The number of aryl methyl sites for hydroxylation is 1. The number of hydrogen-bond acceptors (Lipinski definition) is 14. The zero-order valence-corrected chi connectivity index (χ0v) is 38.5. The molecule has 4 amide bonds. The predicted molar refractivity (Wildman–Crippen MR) is 249 cm³/mol. The second-order valence-corrected chi connectivity index (χ2v) is 21.1. The first kappa shape index (κ1) is 43.8. The van der Waals surface area contributed by atoms with E-state index in [1.807, 2.05) is 37.6 Å². The number of rotatable bonds is 11. The number of methoxy groups -OCH3 is 2. The average Bonchev–Trinajstić information content (AvgIpc) is 3.83. The summed E-state index contributed by atoms with van der Waals surface area (Å²) in [6.45, 7) is 6.66. The molecule has 1 atom stereocenters. The van der Waals surface area contributed by atoms with Gasteiger partial charge < -0.3 is 34.5 Å².